The monoisotopic (exact) mass is 209 g/mol. The highest BCUT2D eigenvalue weighted by Crippen LogP contribution is 2.40. The Morgan fingerprint density at radius 1 is 1.64 bits per heavy atom. The summed E-state index contributed by atoms with van der Waals surface area (Å²) in [7, 11) is 1.65. The molecule has 1 aliphatic rings. The van der Waals surface area contributed by atoms with Gasteiger partial charge in [0.15, 0.2) is 0 Å². The molecule has 0 unspecified atom stereocenters. The lowest BCUT2D eigenvalue weighted by Crippen LogP contribution is -2.13. The standard InChI is InChI=1S/C11H15NOS/c1-6-8(13-5)10-12-11(3,4)9(7-2)14-10/h6H,2H2,1,3-5H3. The van der Waals surface area contributed by atoms with Gasteiger partial charge in [0.05, 0.1) is 17.6 Å². The van der Waals surface area contributed by atoms with Crippen LogP contribution in [0.25, 0.3) is 0 Å². The van der Waals surface area contributed by atoms with Crippen molar-refractivity contribution in [2.75, 3.05) is 7.11 Å². The Labute approximate surface area is 89.4 Å². The minimum atomic E-state index is -0.214. The molecule has 0 spiro atoms. The molecule has 76 valence electrons. The van der Waals surface area contributed by atoms with E-state index < -0.39 is 0 Å². The van der Waals surface area contributed by atoms with Gasteiger partial charge in [-0.05, 0) is 26.8 Å². The number of hydrogen-bond acceptors (Lipinski definition) is 3. The molecule has 0 radical (unpaired) electrons. The van der Waals surface area contributed by atoms with Gasteiger partial charge in [0.25, 0.3) is 0 Å². The molecule has 0 aromatic heterocycles. The molecule has 0 amide bonds. The van der Waals surface area contributed by atoms with E-state index in [0.29, 0.717) is 0 Å². The number of methoxy groups -OCH3 is 1. The van der Waals surface area contributed by atoms with Gasteiger partial charge in [-0.3, -0.25) is 4.99 Å². The van der Waals surface area contributed by atoms with E-state index in [0.717, 1.165) is 15.7 Å². The molecular formula is C11H15NOS. The van der Waals surface area contributed by atoms with E-state index in [2.05, 4.69) is 17.3 Å². The summed E-state index contributed by atoms with van der Waals surface area (Å²) in [6.07, 6.45) is 1.91. The van der Waals surface area contributed by atoms with Gasteiger partial charge in [-0.15, -0.1) is 5.73 Å². The summed E-state index contributed by atoms with van der Waals surface area (Å²) >= 11 is 1.57. The van der Waals surface area contributed by atoms with Crippen molar-refractivity contribution in [1.82, 2.24) is 0 Å². The Hall–Kier alpha value is -0.920. The van der Waals surface area contributed by atoms with Gasteiger partial charge in [0.1, 0.15) is 10.8 Å². The smallest absolute Gasteiger partial charge is 0.146 e. The van der Waals surface area contributed by atoms with Crippen molar-refractivity contribution < 1.29 is 4.74 Å². The molecule has 0 aliphatic carbocycles. The molecule has 1 heterocycles. The summed E-state index contributed by atoms with van der Waals surface area (Å²) in [5, 5.41) is 0.908. The van der Waals surface area contributed by atoms with Crippen molar-refractivity contribution >= 4 is 16.8 Å². The molecule has 3 heteroatoms. The zero-order valence-corrected chi connectivity index (χ0v) is 9.86. The van der Waals surface area contributed by atoms with Gasteiger partial charge in [-0.25, -0.2) is 0 Å². The number of nitrogens with zero attached hydrogens (tertiary/aromatic N) is 1. The van der Waals surface area contributed by atoms with Crippen LogP contribution in [0.5, 0.6) is 0 Å². The number of allylic oxidation sites excluding steroid dienone is 1. The average molecular weight is 209 g/mol. The lowest BCUT2D eigenvalue weighted by atomic mass is 10.1. The summed E-state index contributed by atoms with van der Waals surface area (Å²) in [6.45, 7) is 9.69. The predicted molar refractivity (Wildman–Crippen MR) is 62.5 cm³/mol. The van der Waals surface area contributed by atoms with Gasteiger partial charge in [0.2, 0.25) is 0 Å². The number of ether oxygens (including phenoxy) is 1. The average Bonchev–Trinajstić information content (AvgIpc) is 2.43. The third kappa shape index (κ3) is 1.94. The van der Waals surface area contributed by atoms with Gasteiger partial charge >= 0.3 is 0 Å². The van der Waals surface area contributed by atoms with Crippen LogP contribution >= 0.6 is 11.8 Å². The number of hydrogen-bond donors (Lipinski definition) is 0. The zero-order valence-electron chi connectivity index (χ0n) is 9.05. The summed E-state index contributed by atoms with van der Waals surface area (Å²) in [6, 6.07) is 0. The first-order valence-electron chi connectivity index (χ1n) is 4.44. The molecule has 0 atom stereocenters. The van der Waals surface area contributed by atoms with Gasteiger partial charge in [-0.1, -0.05) is 18.3 Å². The number of thioether (sulfide) groups is 1. The van der Waals surface area contributed by atoms with Crippen LogP contribution in [-0.2, 0) is 4.74 Å². The lowest BCUT2D eigenvalue weighted by molar-refractivity contribution is 0.315. The normalized spacial score (nSPS) is 20.4. The van der Waals surface area contributed by atoms with Crippen molar-refractivity contribution in [2.24, 2.45) is 4.99 Å². The van der Waals surface area contributed by atoms with Crippen molar-refractivity contribution in [3.05, 3.63) is 29.1 Å². The van der Waals surface area contributed by atoms with Crippen molar-refractivity contribution in [2.45, 2.75) is 26.3 Å². The molecule has 1 rings (SSSR count). The van der Waals surface area contributed by atoms with Gasteiger partial charge in [-0.2, -0.15) is 0 Å². The SMILES string of the molecule is C=C=C1SC(C(=CC)OC)=NC1(C)C. The molecule has 2 nitrogen and oxygen atoms in total. The lowest BCUT2D eigenvalue weighted by Gasteiger charge is -2.12. The van der Waals surface area contributed by atoms with Crippen LogP contribution in [0.3, 0.4) is 0 Å². The second kappa shape index (κ2) is 4.07. The molecule has 0 saturated carbocycles. The summed E-state index contributed by atoms with van der Waals surface area (Å²) in [4.78, 5) is 5.61. The Balaban J connectivity index is 3.04. The molecule has 0 aromatic carbocycles. The second-order valence-corrected chi connectivity index (χ2v) is 4.44. The molecule has 0 aromatic rings. The third-order valence-electron chi connectivity index (χ3n) is 1.99. The summed E-state index contributed by atoms with van der Waals surface area (Å²) < 4.78 is 5.22. The van der Waals surface area contributed by atoms with E-state index in [1.807, 2.05) is 26.8 Å². The first-order chi connectivity index (χ1) is 6.55. The van der Waals surface area contributed by atoms with Crippen molar-refractivity contribution in [3.8, 4) is 0 Å². The maximum atomic E-state index is 5.22. The first-order valence-corrected chi connectivity index (χ1v) is 5.25. The third-order valence-corrected chi connectivity index (χ3v) is 3.32. The van der Waals surface area contributed by atoms with E-state index in [1.165, 1.54) is 0 Å². The Morgan fingerprint density at radius 3 is 2.64 bits per heavy atom. The first kappa shape index (κ1) is 11.2. The fourth-order valence-electron chi connectivity index (χ4n) is 1.24. The summed E-state index contributed by atoms with van der Waals surface area (Å²) in [5.74, 6) is 0.813. The largest absolute Gasteiger partial charge is 0.494 e. The van der Waals surface area contributed by atoms with Crippen LogP contribution in [0.1, 0.15) is 20.8 Å². The highest BCUT2D eigenvalue weighted by atomic mass is 32.2. The number of rotatable bonds is 2. The van der Waals surface area contributed by atoms with Crippen LogP contribution in [0.15, 0.2) is 34.0 Å². The van der Waals surface area contributed by atoms with E-state index in [4.69, 9.17) is 4.74 Å². The molecule has 0 saturated heterocycles. The molecule has 14 heavy (non-hydrogen) atoms. The second-order valence-electron chi connectivity index (χ2n) is 3.44. The summed E-state index contributed by atoms with van der Waals surface area (Å²) in [5.41, 5.74) is 2.71. The van der Waals surface area contributed by atoms with E-state index in [-0.39, 0.29) is 5.54 Å². The molecule has 0 N–H and O–H groups in total. The topological polar surface area (TPSA) is 21.6 Å². The molecule has 0 fully saturated rings. The maximum Gasteiger partial charge on any atom is 0.146 e. The Kier molecular flexibility index (Phi) is 3.25. The van der Waals surface area contributed by atoms with E-state index >= 15 is 0 Å². The van der Waals surface area contributed by atoms with E-state index in [1.54, 1.807) is 18.9 Å². The van der Waals surface area contributed by atoms with Crippen molar-refractivity contribution in [1.29, 1.82) is 0 Å². The van der Waals surface area contributed by atoms with Crippen LogP contribution < -0.4 is 0 Å². The molecule has 0 bridgehead atoms. The highest BCUT2D eigenvalue weighted by Gasteiger charge is 2.32. The Morgan fingerprint density at radius 2 is 2.29 bits per heavy atom. The minimum absolute atomic E-state index is 0.214. The van der Waals surface area contributed by atoms with E-state index in [9.17, 15) is 0 Å². The van der Waals surface area contributed by atoms with Crippen LogP contribution in [-0.4, -0.2) is 17.7 Å². The maximum absolute atomic E-state index is 5.22. The fraction of sp³-hybridized carbons (Fsp3) is 0.455. The van der Waals surface area contributed by atoms with Crippen LogP contribution in [0, 0.1) is 0 Å². The fourth-order valence-corrected chi connectivity index (χ4v) is 2.37. The van der Waals surface area contributed by atoms with Gasteiger partial charge < -0.3 is 4.74 Å². The zero-order chi connectivity index (χ0) is 10.8. The van der Waals surface area contributed by atoms with Crippen LogP contribution in [0.4, 0.5) is 0 Å². The molecule has 1 aliphatic heterocycles. The van der Waals surface area contributed by atoms with Crippen LogP contribution in [0.2, 0.25) is 0 Å². The van der Waals surface area contributed by atoms with Gasteiger partial charge in [0, 0.05) is 0 Å². The van der Waals surface area contributed by atoms with Crippen molar-refractivity contribution in [3.63, 3.8) is 0 Å². The minimum Gasteiger partial charge on any atom is -0.494 e. The number of aliphatic imine (C=N–C) groups is 1. The quantitative estimate of drug-likeness (QED) is 0.515. The predicted octanol–water partition coefficient (Wildman–Crippen LogP) is 3.13. The molecular weight excluding hydrogens is 194 g/mol. The highest BCUT2D eigenvalue weighted by molar-refractivity contribution is 8.18. The Bertz CT molecular complexity index is 346.